The lowest BCUT2D eigenvalue weighted by atomic mass is 9.96. The number of hydrogen-bond donors (Lipinski definition) is 1. The van der Waals surface area contributed by atoms with E-state index < -0.39 is 27.4 Å². The molecule has 2 rings (SSSR count). The largest absolute Gasteiger partial charge is 0.480 e. The first-order valence-corrected chi connectivity index (χ1v) is 8.50. The van der Waals surface area contributed by atoms with Crippen LogP contribution < -0.4 is 0 Å². The summed E-state index contributed by atoms with van der Waals surface area (Å²) >= 11 is 0. The van der Waals surface area contributed by atoms with Gasteiger partial charge in [0.2, 0.25) is 10.0 Å². The Bertz CT molecular complexity index is 646. The Morgan fingerprint density at radius 1 is 1.29 bits per heavy atom. The van der Waals surface area contributed by atoms with Crippen LogP contribution in [0.25, 0.3) is 0 Å². The fraction of sp³-hybridized carbons (Fsp3) is 0.533. The van der Waals surface area contributed by atoms with E-state index in [2.05, 4.69) is 0 Å². The maximum atomic E-state index is 12.6. The van der Waals surface area contributed by atoms with E-state index in [9.17, 15) is 18.3 Å². The van der Waals surface area contributed by atoms with Gasteiger partial charge in [0.05, 0.1) is 5.75 Å². The molecule has 0 aromatic heterocycles. The molecule has 116 valence electrons. The van der Waals surface area contributed by atoms with Gasteiger partial charge in [0, 0.05) is 13.0 Å². The third kappa shape index (κ3) is 3.63. The summed E-state index contributed by atoms with van der Waals surface area (Å²) in [5.74, 6) is -1.16. The molecular formula is C15H21NO4S. The van der Waals surface area contributed by atoms with E-state index in [4.69, 9.17) is 0 Å². The molecule has 0 spiro atoms. The smallest absolute Gasteiger partial charge is 0.322 e. The van der Waals surface area contributed by atoms with Crippen LogP contribution in [0, 0.1) is 5.41 Å². The minimum absolute atomic E-state index is 0.0635. The average molecular weight is 311 g/mol. The summed E-state index contributed by atoms with van der Waals surface area (Å²) < 4.78 is 26.3. The van der Waals surface area contributed by atoms with Gasteiger partial charge in [-0.1, -0.05) is 45.0 Å². The van der Waals surface area contributed by atoms with E-state index in [0.717, 1.165) is 15.4 Å². The third-order valence-electron chi connectivity index (χ3n) is 3.46. The van der Waals surface area contributed by atoms with Crippen LogP contribution in [0.1, 0.15) is 31.9 Å². The minimum Gasteiger partial charge on any atom is -0.480 e. The number of nitrogens with zero attached hydrogens (tertiary/aromatic N) is 1. The van der Waals surface area contributed by atoms with Crippen molar-refractivity contribution in [2.24, 2.45) is 5.41 Å². The van der Waals surface area contributed by atoms with E-state index in [1.807, 2.05) is 45.0 Å². The molecule has 1 atom stereocenters. The third-order valence-corrected chi connectivity index (χ3v) is 5.79. The highest BCUT2D eigenvalue weighted by Crippen LogP contribution is 2.28. The molecular weight excluding hydrogens is 290 g/mol. The van der Waals surface area contributed by atoms with Crippen LogP contribution in [0.15, 0.2) is 24.3 Å². The quantitative estimate of drug-likeness (QED) is 0.925. The Labute approximate surface area is 125 Å². The lowest BCUT2D eigenvalue weighted by Crippen LogP contribution is -2.50. The molecule has 0 aliphatic carbocycles. The predicted octanol–water partition coefficient (Wildman–Crippen LogP) is 1.87. The Hall–Kier alpha value is -1.40. The number of rotatable bonds is 3. The monoisotopic (exact) mass is 311 g/mol. The number of carboxylic acids is 1. The maximum absolute atomic E-state index is 12.6. The van der Waals surface area contributed by atoms with Crippen LogP contribution in [0.3, 0.4) is 0 Å². The molecule has 0 radical (unpaired) electrons. The summed E-state index contributed by atoms with van der Waals surface area (Å²) in [5.41, 5.74) is 1.37. The van der Waals surface area contributed by atoms with Crippen molar-refractivity contribution in [3.63, 3.8) is 0 Å². The molecule has 0 amide bonds. The highest BCUT2D eigenvalue weighted by Gasteiger charge is 2.40. The molecule has 0 saturated heterocycles. The second-order valence-electron chi connectivity index (χ2n) is 6.69. The van der Waals surface area contributed by atoms with Crippen LogP contribution in [-0.2, 0) is 27.8 Å². The molecule has 1 heterocycles. The summed E-state index contributed by atoms with van der Waals surface area (Å²) in [7, 11) is -3.63. The van der Waals surface area contributed by atoms with Gasteiger partial charge in [-0.3, -0.25) is 4.79 Å². The van der Waals surface area contributed by atoms with Gasteiger partial charge >= 0.3 is 5.97 Å². The number of hydrogen-bond acceptors (Lipinski definition) is 3. The number of aliphatic carboxylic acids is 1. The lowest BCUT2D eigenvalue weighted by Gasteiger charge is -2.35. The van der Waals surface area contributed by atoms with Crippen molar-refractivity contribution in [1.82, 2.24) is 4.31 Å². The van der Waals surface area contributed by atoms with Crippen molar-refractivity contribution in [2.75, 3.05) is 5.75 Å². The molecule has 21 heavy (non-hydrogen) atoms. The van der Waals surface area contributed by atoms with Crippen LogP contribution in [0.5, 0.6) is 0 Å². The van der Waals surface area contributed by atoms with Gasteiger partial charge in [-0.2, -0.15) is 4.31 Å². The highest BCUT2D eigenvalue weighted by molar-refractivity contribution is 7.89. The second kappa shape index (κ2) is 5.42. The van der Waals surface area contributed by atoms with Crippen LogP contribution in [0.2, 0.25) is 0 Å². The van der Waals surface area contributed by atoms with E-state index in [-0.39, 0.29) is 18.7 Å². The van der Waals surface area contributed by atoms with Crippen molar-refractivity contribution in [1.29, 1.82) is 0 Å². The molecule has 0 saturated carbocycles. The summed E-state index contributed by atoms with van der Waals surface area (Å²) in [6, 6.07) is 6.38. The van der Waals surface area contributed by atoms with E-state index >= 15 is 0 Å². The van der Waals surface area contributed by atoms with E-state index in [1.54, 1.807) is 0 Å². The zero-order valence-electron chi connectivity index (χ0n) is 12.5. The van der Waals surface area contributed by atoms with Gasteiger partial charge in [-0.05, 0) is 16.5 Å². The van der Waals surface area contributed by atoms with Gasteiger partial charge in [0.15, 0.2) is 0 Å². The number of carboxylic acid groups (broad SMARTS) is 1. The predicted molar refractivity (Wildman–Crippen MR) is 80.4 cm³/mol. The summed E-state index contributed by atoms with van der Waals surface area (Å²) in [6.07, 6.45) is 0.217. The zero-order valence-corrected chi connectivity index (χ0v) is 13.4. The zero-order chi connectivity index (χ0) is 15.8. The van der Waals surface area contributed by atoms with Gasteiger partial charge in [-0.15, -0.1) is 0 Å². The van der Waals surface area contributed by atoms with Gasteiger partial charge in [0.25, 0.3) is 0 Å². The SMILES string of the molecule is CC(C)(C)CS(=O)(=O)N1Cc2ccccc2C[C@H]1C(=O)O. The first kappa shape index (κ1) is 16.0. The Balaban J connectivity index is 2.39. The molecule has 1 aromatic carbocycles. The Morgan fingerprint density at radius 2 is 1.86 bits per heavy atom. The maximum Gasteiger partial charge on any atom is 0.322 e. The fourth-order valence-electron chi connectivity index (χ4n) is 2.63. The molecule has 0 fully saturated rings. The normalized spacial score (nSPS) is 20.0. The molecule has 1 aliphatic heterocycles. The fourth-order valence-corrected chi connectivity index (χ4v) is 4.78. The second-order valence-corrected chi connectivity index (χ2v) is 8.61. The molecule has 1 aromatic rings. The first-order chi connectivity index (χ1) is 9.60. The standard InChI is InChI=1S/C15H21NO4S/c1-15(2,3)10-21(19,20)16-9-12-7-5-4-6-11(12)8-13(16)14(17)18/h4-7,13H,8-10H2,1-3H3,(H,17,18)/t13-/m0/s1. The molecule has 5 nitrogen and oxygen atoms in total. The highest BCUT2D eigenvalue weighted by atomic mass is 32.2. The molecule has 0 bridgehead atoms. The number of carbonyl (C=O) groups is 1. The summed E-state index contributed by atoms with van der Waals surface area (Å²) in [4.78, 5) is 11.5. The van der Waals surface area contributed by atoms with Crippen molar-refractivity contribution < 1.29 is 18.3 Å². The van der Waals surface area contributed by atoms with Gasteiger partial charge in [0.1, 0.15) is 6.04 Å². The minimum atomic E-state index is -3.63. The topological polar surface area (TPSA) is 74.7 Å². The van der Waals surface area contributed by atoms with Crippen molar-refractivity contribution in [3.8, 4) is 0 Å². The number of benzene rings is 1. The van der Waals surface area contributed by atoms with Crippen molar-refractivity contribution in [2.45, 2.75) is 39.8 Å². The Morgan fingerprint density at radius 3 is 2.38 bits per heavy atom. The Kier molecular flexibility index (Phi) is 4.13. The van der Waals surface area contributed by atoms with E-state index in [0.29, 0.717) is 0 Å². The molecule has 1 aliphatic rings. The van der Waals surface area contributed by atoms with Crippen molar-refractivity contribution >= 4 is 16.0 Å². The molecule has 0 unspecified atom stereocenters. The van der Waals surface area contributed by atoms with Gasteiger partial charge in [-0.25, -0.2) is 8.42 Å². The summed E-state index contributed by atoms with van der Waals surface area (Å²) in [5, 5.41) is 9.39. The average Bonchev–Trinajstić information content (AvgIpc) is 2.34. The van der Waals surface area contributed by atoms with Crippen LogP contribution in [-0.4, -0.2) is 35.6 Å². The first-order valence-electron chi connectivity index (χ1n) is 6.89. The lowest BCUT2D eigenvalue weighted by molar-refractivity contribution is -0.141. The number of fused-ring (bicyclic) bond motifs is 1. The summed E-state index contributed by atoms with van der Waals surface area (Å²) in [6.45, 7) is 5.63. The molecule has 1 N–H and O–H groups in total. The molecule has 6 heteroatoms. The number of sulfonamides is 1. The van der Waals surface area contributed by atoms with Gasteiger partial charge < -0.3 is 5.11 Å². The van der Waals surface area contributed by atoms with Crippen molar-refractivity contribution in [3.05, 3.63) is 35.4 Å². The van der Waals surface area contributed by atoms with Crippen LogP contribution in [0.4, 0.5) is 0 Å². The van der Waals surface area contributed by atoms with Crippen LogP contribution >= 0.6 is 0 Å². The van der Waals surface area contributed by atoms with E-state index in [1.165, 1.54) is 0 Å².